The summed E-state index contributed by atoms with van der Waals surface area (Å²) in [4.78, 5) is 11.2. The second-order valence-electron chi connectivity index (χ2n) is 7.27. The lowest BCUT2D eigenvalue weighted by atomic mass is 10.1. The highest BCUT2D eigenvalue weighted by Gasteiger charge is 2.30. The number of anilines is 1. The van der Waals surface area contributed by atoms with E-state index in [-0.39, 0.29) is 18.4 Å². The molecule has 1 aliphatic heterocycles. The second-order valence-corrected chi connectivity index (χ2v) is 7.27. The summed E-state index contributed by atoms with van der Waals surface area (Å²) in [6, 6.07) is 12.4. The number of aromatic nitrogens is 3. The largest absolute Gasteiger partial charge is 0.340 e. The van der Waals surface area contributed by atoms with Gasteiger partial charge in [-0.05, 0) is 43.7 Å². The molecule has 0 radical (unpaired) electrons. The molecule has 0 bridgehead atoms. The number of benzene rings is 1. The van der Waals surface area contributed by atoms with Crippen LogP contribution in [0.3, 0.4) is 0 Å². The SMILES string of the molecule is CC(c1ccc(C#N)cn1)n1c(N2CC[C@@H](F)[C@H](N)C2)nc2cc(C#N)ccc21.Cl. The molecule has 1 aromatic carbocycles. The van der Waals surface area contributed by atoms with Crippen LogP contribution in [0.15, 0.2) is 36.5 Å². The molecule has 0 spiro atoms. The zero-order valence-corrected chi connectivity index (χ0v) is 17.2. The van der Waals surface area contributed by atoms with Crippen LogP contribution in [-0.4, -0.2) is 39.8 Å². The van der Waals surface area contributed by atoms with E-state index in [0.29, 0.717) is 42.1 Å². The highest BCUT2D eigenvalue weighted by Crippen LogP contribution is 2.32. The summed E-state index contributed by atoms with van der Waals surface area (Å²) in [6.45, 7) is 2.87. The van der Waals surface area contributed by atoms with Crippen molar-refractivity contribution in [2.45, 2.75) is 31.6 Å². The van der Waals surface area contributed by atoms with E-state index in [9.17, 15) is 9.65 Å². The van der Waals surface area contributed by atoms with Gasteiger partial charge in [0.2, 0.25) is 5.95 Å². The van der Waals surface area contributed by atoms with Crippen molar-refractivity contribution in [2.24, 2.45) is 5.73 Å². The normalized spacial score (nSPS) is 19.6. The number of fused-ring (bicyclic) bond motifs is 1. The zero-order chi connectivity index (χ0) is 20.5. The molecule has 154 valence electrons. The van der Waals surface area contributed by atoms with Crippen LogP contribution in [0.25, 0.3) is 11.0 Å². The third kappa shape index (κ3) is 3.80. The Bertz CT molecular complexity index is 1130. The van der Waals surface area contributed by atoms with Gasteiger partial charge in [0.15, 0.2) is 0 Å². The Morgan fingerprint density at radius 1 is 1.20 bits per heavy atom. The molecule has 3 atom stereocenters. The van der Waals surface area contributed by atoms with Crippen molar-refractivity contribution in [3.63, 3.8) is 0 Å². The van der Waals surface area contributed by atoms with Crippen molar-refractivity contribution in [2.75, 3.05) is 18.0 Å². The third-order valence-corrected chi connectivity index (χ3v) is 5.38. The van der Waals surface area contributed by atoms with E-state index in [0.717, 1.165) is 11.2 Å². The van der Waals surface area contributed by atoms with Crippen LogP contribution in [-0.2, 0) is 0 Å². The molecule has 0 amide bonds. The molecule has 0 aliphatic carbocycles. The van der Waals surface area contributed by atoms with Gasteiger partial charge < -0.3 is 15.2 Å². The van der Waals surface area contributed by atoms with E-state index >= 15 is 0 Å². The summed E-state index contributed by atoms with van der Waals surface area (Å²) in [7, 11) is 0. The lowest BCUT2D eigenvalue weighted by molar-refractivity contribution is 0.243. The molecule has 30 heavy (non-hydrogen) atoms. The lowest BCUT2D eigenvalue weighted by Crippen LogP contribution is -2.50. The first-order chi connectivity index (χ1) is 14.0. The van der Waals surface area contributed by atoms with Crippen LogP contribution in [0.2, 0.25) is 0 Å². The van der Waals surface area contributed by atoms with Crippen LogP contribution < -0.4 is 10.6 Å². The standard InChI is InChI=1S/C21H20FN7.ClH/c1-13(18-4-2-15(10-24)11-26-18)29-20-5-3-14(9-23)8-19(20)27-21(29)28-7-6-16(22)17(25)12-28;/h2-5,8,11,13,16-17H,6-7,12,25H2,1H3;1H/t13?,16-,17-;/m1./s1. The smallest absolute Gasteiger partial charge is 0.207 e. The van der Waals surface area contributed by atoms with Gasteiger partial charge in [-0.1, -0.05) is 0 Å². The summed E-state index contributed by atoms with van der Waals surface area (Å²) in [5, 5.41) is 18.3. The van der Waals surface area contributed by atoms with E-state index in [1.807, 2.05) is 28.5 Å². The molecule has 2 N–H and O–H groups in total. The maximum absolute atomic E-state index is 13.9. The minimum absolute atomic E-state index is 0. The molecule has 9 heteroatoms. The second kappa shape index (κ2) is 8.66. The molecule has 1 saturated heterocycles. The monoisotopic (exact) mass is 425 g/mol. The van der Waals surface area contributed by atoms with Crippen molar-refractivity contribution in [1.82, 2.24) is 14.5 Å². The van der Waals surface area contributed by atoms with Crippen LogP contribution in [0, 0.1) is 22.7 Å². The molecule has 3 aromatic rings. The van der Waals surface area contributed by atoms with Crippen LogP contribution >= 0.6 is 12.4 Å². The number of nitrogens with zero attached hydrogens (tertiary/aromatic N) is 6. The van der Waals surface area contributed by atoms with Gasteiger partial charge in [-0.3, -0.25) is 4.98 Å². The first-order valence-electron chi connectivity index (χ1n) is 9.44. The highest BCUT2D eigenvalue weighted by atomic mass is 35.5. The Morgan fingerprint density at radius 2 is 1.93 bits per heavy atom. The topological polar surface area (TPSA) is 108 Å². The predicted molar refractivity (Wildman–Crippen MR) is 114 cm³/mol. The minimum atomic E-state index is -1.02. The maximum Gasteiger partial charge on any atom is 0.207 e. The first kappa shape index (κ1) is 21.5. The van der Waals surface area contributed by atoms with Crippen LogP contribution in [0.1, 0.15) is 36.2 Å². The summed E-state index contributed by atoms with van der Waals surface area (Å²) in [5.74, 6) is 0.677. The van der Waals surface area contributed by atoms with Gasteiger partial charge in [-0.2, -0.15) is 10.5 Å². The average molecular weight is 426 g/mol. The number of piperidine rings is 1. The van der Waals surface area contributed by atoms with Gasteiger partial charge in [0.25, 0.3) is 0 Å². The van der Waals surface area contributed by atoms with Gasteiger partial charge in [-0.15, -0.1) is 12.4 Å². The van der Waals surface area contributed by atoms with E-state index in [4.69, 9.17) is 16.0 Å². The van der Waals surface area contributed by atoms with Crippen molar-refractivity contribution in [1.29, 1.82) is 10.5 Å². The molecule has 7 nitrogen and oxygen atoms in total. The van der Waals surface area contributed by atoms with Crippen molar-refractivity contribution < 1.29 is 4.39 Å². The number of nitrogens with two attached hydrogens (primary N) is 1. The Hall–Kier alpha value is -3.20. The Balaban J connectivity index is 0.00000256. The number of rotatable bonds is 3. The van der Waals surface area contributed by atoms with E-state index in [2.05, 4.69) is 17.1 Å². The summed E-state index contributed by atoms with van der Waals surface area (Å²) >= 11 is 0. The predicted octanol–water partition coefficient (Wildman–Crippen LogP) is 3.08. The molecule has 2 aromatic heterocycles. The van der Waals surface area contributed by atoms with Crippen molar-refractivity contribution in [3.05, 3.63) is 53.3 Å². The van der Waals surface area contributed by atoms with Crippen molar-refractivity contribution >= 4 is 29.4 Å². The summed E-state index contributed by atoms with van der Waals surface area (Å²) < 4.78 is 16.0. The zero-order valence-electron chi connectivity index (χ0n) is 16.4. The van der Waals surface area contributed by atoms with Gasteiger partial charge >= 0.3 is 0 Å². The number of hydrogen-bond donors (Lipinski definition) is 1. The fourth-order valence-electron chi connectivity index (χ4n) is 3.75. The third-order valence-electron chi connectivity index (χ3n) is 5.38. The fraction of sp³-hybridized carbons (Fsp3) is 0.333. The average Bonchev–Trinajstić information content (AvgIpc) is 3.13. The van der Waals surface area contributed by atoms with Crippen molar-refractivity contribution in [3.8, 4) is 12.1 Å². The quantitative estimate of drug-likeness (QED) is 0.690. The number of imidazole rings is 1. The summed E-state index contributed by atoms with van der Waals surface area (Å²) in [6.07, 6.45) is 0.868. The Morgan fingerprint density at radius 3 is 2.57 bits per heavy atom. The van der Waals surface area contributed by atoms with Gasteiger partial charge in [0.05, 0.1) is 46.0 Å². The number of alkyl halides is 1. The number of nitriles is 2. The Kier molecular flexibility index (Phi) is 6.21. The van der Waals surface area contributed by atoms with Gasteiger partial charge in [0, 0.05) is 19.3 Å². The summed E-state index contributed by atoms with van der Waals surface area (Å²) in [5.41, 5.74) is 9.31. The fourth-order valence-corrected chi connectivity index (χ4v) is 3.75. The number of hydrogen-bond acceptors (Lipinski definition) is 6. The molecule has 1 fully saturated rings. The van der Waals surface area contributed by atoms with E-state index in [1.165, 1.54) is 0 Å². The van der Waals surface area contributed by atoms with Gasteiger partial charge in [-0.25, -0.2) is 9.37 Å². The van der Waals surface area contributed by atoms with Gasteiger partial charge in [0.1, 0.15) is 12.2 Å². The molecule has 1 aliphatic rings. The van der Waals surface area contributed by atoms with Crippen LogP contribution in [0.4, 0.5) is 10.3 Å². The van der Waals surface area contributed by atoms with Crippen LogP contribution in [0.5, 0.6) is 0 Å². The lowest BCUT2D eigenvalue weighted by Gasteiger charge is -2.34. The maximum atomic E-state index is 13.9. The molecular weight excluding hydrogens is 405 g/mol. The van der Waals surface area contributed by atoms with E-state index < -0.39 is 12.2 Å². The number of pyridine rings is 1. The van der Waals surface area contributed by atoms with E-state index in [1.54, 1.807) is 24.4 Å². The molecule has 4 rings (SSSR count). The Labute approximate surface area is 180 Å². The molecule has 3 heterocycles. The minimum Gasteiger partial charge on any atom is -0.340 e. The molecule has 1 unspecified atom stereocenters. The highest BCUT2D eigenvalue weighted by molar-refractivity contribution is 5.85. The first-order valence-corrected chi connectivity index (χ1v) is 9.44. The molecule has 0 saturated carbocycles. The molecular formula is C21H21ClFN7. The number of halogens is 2.